The molecule has 0 saturated carbocycles. The molecular formula is C25H25FN2O3. The van der Waals surface area contributed by atoms with Crippen LogP contribution in [0.15, 0.2) is 72.8 Å². The Kier molecular flexibility index (Phi) is 7.03. The number of halogens is 1. The molecule has 0 radical (unpaired) electrons. The Balaban J connectivity index is 1.67. The molecule has 2 N–H and O–H groups in total. The molecule has 0 heterocycles. The fraction of sp³-hybridized carbons (Fsp3) is 0.200. The maximum absolute atomic E-state index is 13.0. The van der Waals surface area contributed by atoms with E-state index in [4.69, 9.17) is 4.74 Å². The summed E-state index contributed by atoms with van der Waals surface area (Å²) in [5.74, 6) is -0.307. The van der Waals surface area contributed by atoms with E-state index in [1.54, 1.807) is 24.3 Å². The second kappa shape index (κ2) is 9.89. The third-order valence-corrected chi connectivity index (χ3v) is 4.57. The number of carbonyl (C=O) groups excluding carboxylic acids is 2. The van der Waals surface area contributed by atoms with Crippen molar-refractivity contribution in [1.29, 1.82) is 0 Å². The van der Waals surface area contributed by atoms with Crippen LogP contribution in [0.3, 0.4) is 0 Å². The summed E-state index contributed by atoms with van der Waals surface area (Å²) in [6, 6.07) is 19.3. The summed E-state index contributed by atoms with van der Waals surface area (Å²) in [5, 5.41) is 5.69. The molecule has 1 unspecified atom stereocenters. The molecule has 31 heavy (non-hydrogen) atoms. The Morgan fingerprint density at radius 1 is 0.839 bits per heavy atom. The van der Waals surface area contributed by atoms with E-state index in [9.17, 15) is 14.0 Å². The second-order valence-corrected chi connectivity index (χ2v) is 7.48. The topological polar surface area (TPSA) is 67.4 Å². The van der Waals surface area contributed by atoms with Gasteiger partial charge in [0.25, 0.3) is 11.8 Å². The van der Waals surface area contributed by atoms with Crippen molar-refractivity contribution < 1.29 is 18.7 Å². The minimum Gasteiger partial charge on any atom is -0.491 e. The number of hydrogen-bond donors (Lipinski definition) is 2. The SMILES string of the molecule is CC(C)Oc1cccc(C(C)NC(=O)c2cccc(NC(=O)c3ccc(F)cc3)c2)c1. The number of nitrogens with one attached hydrogen (secondary N) is 2. The summed E-state index contributed by atoms with van der Waals surface area (Å²) in [4.78, 5) is 25.1. The van der Waals surface area contributed by atoms with Crippen molar-refractivity contribution in [2.75, 3.05) is 5.32 Å². The van der Waals surface area contributed by atoms with E-state index < -0.39 is 5.82 Å². The van der Waals surface area contributed by atoms with Crippen LogP contribution in [-0.4, -0.2) is 17.9 Å². The van der Waals surface area contributed by atoms with Crippen molar-refractivity contribution >= 4 is 17.5 Å². The molecule has 3 aromatic carbocycles. The summed E-state index contributed by atoms with van der Waals surface area (Å²) >= 11 is 0. The number of amides is 2. The zero-order valence-corrected chi connectivity index (χ0v) is 17.7. The fourth-order valence-corrected chi connectivity index (χ4v) is 3.04. The first-order chi connectivity index (χ1) is 14.8. The third kappa shape index (κ3) is 6.15. The molecule has 3 rings (SSSR count). The Morgan fingerprint density at radius 3 is 2.26 bits per heavy atom. The van der Waals surface area contributed by atoms with Gasteiger partial charge < -0.3 is 15.4 Å². The van der Waals surface area contributed by atoms with E-state index in [1.807, 2.05) is 45.0 Å². The highest BCUT2D eigenvalue weighted by Gasteiger charge is 2.14. The molecule has 0 aliphatic rings. The first-order valence-electron chi connectivity index (χ1n) is 10.1. The fourth-order valence-electron chi connectivity index (χ4n) is 3.04. The molecular weight excluding hydrogens is 395 g/mol. The molecule has 0 aromatic heterocycles. The number of carbonyl (C=O) groups is 2. The highest BCUT2D eigenvalue weighted by Crippen LogP contribution is 2.21. The molecule has 0 aliphatic carbocycles. The van der Waals surface area contributed by atoms with E-state index in [1.165, 1.54) is 24.3 Å². The van der Waals surface area contributed by atoms with Crippen LogP contribution < -0.4 is 15.4 Å². The number of benzene rings is 3. The first kappa shape index (κ1) is 22.0. The van der Waals surface area contributed by atoms with E-state index in [2.05, 4.69) is 10.6 Å². The standard InChI is InChI=1S/C25H25FN2O3/c1-16(2)31-23-9-5-6-19(15-23)17(3)27-25(30)20-7-4-8-22(14-20)28-24(29)18-10-12-21(26)13-11-18/h4-17H,1-3H3,(H,27,30)(H,28,29). The van der Waals surface area contributed by atoms with Gasteiger partial charge in [-0.05, 0) is 80.9 Å². The second-order valence-electron chi connectivity index (χ2n) is 7.48. The Morgan fingerprint density at radius 2 is 1.55 bits per heavy atom. The summed E-state index contributed by atoms with van der Waals surface area (Å²) < 4.78 is 18.8. The molecule has 160 valence electrons. The zero-order valence-electron chi connectivity index (χ0n) is 17.7. The van der Waals surface area contributed by atoms with Crippen LogP contribution in [0.1, 0.15) is 53.1 Å². The van der Waals surface area contributed by atoms with Gasteiger partial charge >= 0.3 is 0 Å². The van der Waals surface area contributed by atoms with Gasteiger partial charge in [-0.2, -0.15) is 0 Å². The van der Waals surface area contributed by atoms with Crippen LogP contribution in [0.25, 0.3) is 0 Å². The molecule has 0 aliphatic heterocycles. The molecule has 2 amide bonds. The van der Waals surface area contributed by atoms with Gasteiger partial charge in [-0.1, -0.05) is 18.2 Å². The van der Waals surface area contributed by atoms with Crippen LogP contribution in [-0.2, 0) is 0 Å². The third-order valence-electron chi connectivity index (χ3n) is 4.57. The monoisotopic (exact) mass is 420 g/mol. The van der Waals surface area contributed by atoms with Gasteiger partial charge in [0.05, 0.1) is 12.1 Å². The predicted molar refractivity (Wildman–Crippen MR) is 119 cm³/mol. The zero-order chi connectivity index (χ0) is 22.4. The van der Waals surface area contributed by atoms with Crippen molar-refractivity contribution in [3.05, 3.63) is 95.3 Å². The Bertz CT molecular complexity index is 1060. The smallest absolute Gasteiger partial charge is 0.255 e. The predicted octanol–water partition coefficient (Wildman–Crippen LogP) is 5.36. The minimum atomic E-state index is -0.411. The molecule has 1 atom stereocenters. The van der Waals surface area contributed by atoms with Gasteiger partial charge in [0.2, 0.25) is 0 Å². The van der Waals surface area contributed by atoms with Crippen LogP contribution in [0.2, 0.25) is 0 Å². The number of ether oxygens (including phenoxy) is 1. The van der Waals surface area contributed by atoms with Crippen molar-refractivity contribution in [2.45, 2.75) is 32.9 Å². The lowest BCUT2D eigenvalue weighted by molar-refractivity contribution is 0.0938. The Labute approximate surface area is 181 Å². The lowest BCUT2D eigenvalue weighted by atomic mass is 10.1. The largest absolute Gasteiger partial charge is 0.491 e. The van der Waals surface area contributed by atoms with E-state index in [0.717, 1.165) is 11.3 Å². The van der Waals surface area contributed by atoms with Crippen molar-refractivity contribution in [3.63, 3.8) is 0 Å². The van der Waals surface area contributed by atoms with Gasteiger partial charge in [-0.3, -0.25) is 9.59 Å². The number of anilines is 1. The first-order valence-corrected chi connectivity index (χ1v) is 10.1. The maximum Gasteiger partial charge on any atom is 0.255 e. The lowest BCUT2D eigenvalue weighted by Gasteiger charge is -2.17. The highest BCUT2D eigenvalue weighted by atomic mass is 19.1. The van der Waals surface area contributed by atoms with Crippen molar-refractivity contribution in [3.8, 4) is 5.75 Å². The highest BCUT2D eigenvalue weighted by molar-refractivity contribution is 6.05. The average molecular weight is 420 g/mol. The van der Waals surface area contributed by atoms with Crippen LogP contribution >= 0.6 is 0 Å². The van der Waals surface area contributed by atoms with E-state index >= 15 is 0 Å². The number of rotatable bonds is 7. The van der Waals surface area contributed by atoms with Gasteiger partial charge in [0, 0.05) is 16.8 Å². The average Bonchev–Trinajstić information content (AvgIpc) is 2.74. The van der Waals surface area contributed by atoms with Crippen molar-refractivity contribution in [2.24, 2.45) is 0 Å². The van der Waals surface area contributed by atoms with Gasteiger partial charge in [-0.25, -0.2) is 4.39 Å². The summed E-state index contributed by atoms with van der Waals surface area (Å²) in [5.41, 5.74) is 2.14. The van der Waals surface area contributed by atoms with Gasteiger partial charge in [0.1, 0.15) is 11.6 Å². The normalized spacial score (nSPS) is 11.6. The van der Waals surface area contributed by atoms with Gasteiger partial charge in [-0.15, -0.1) is 0 Å². The summed E-state index contributed by atoms with van der Waals surface area (Å²) in [6.07, 6.45) is 0.0630. The number of hydrogen-bond acceptors (Lipinski definition) is 3. The quantitative estimate of drug-likeness (QED) is 0.541. The van der Waals surface area contributed by atoms with Crippen molar-refractivity contribution in [1.82, 2.24) is 5.32 Å². The van der Waals surface area contributed by atoms with E-state index in [0.29, 0.717) is 16.8 Å². The van der Waals surface area contributed by atoms with Gasteiger partial charge in [0.15, 0.2) is 0 Å². The molecule has 0 bridgehead atoms. The van der Waals surface area contributed by atoms with Crippen LogP contribution in [0.4, 0.5) is 10.1 Å². The molecule has 5 nitrogen and oxygen atoms in total. The maximum atomic E-state index is 13.0. The minimum absolute atomic E-state index is 0.0630. The molecule has 0 saturated heterocycles. The van der Waals surface area contributed by atoms with E-state index in [-0.39, 0.29) is 24.0 Å². The lowest BCUT2D eigenvalue weighted by Crippen LogP contribution is -2.26. The van der Waals surface area contributed by atoms with Crippen LogP contribution in [0.5, 0.6) is 5.75 Å². The summed E-state index contributed by atoms with van der Waals surface area (Å²) in [6.45, 7) is 5.81. The Hall–Kier alpha value is -3.67. The molecule has 0 spiro atoms. The van der Waals surface area contributed by atoms with Crippen LogP contribution in [0, 0.1) is 5.82 Å². The molecule has 3 aromatic rings. The summed E-state index contributed by atoms with van der Waals surface area (Å²) in [7, 11) is 0. The molecule has 0 fully saturated rings. The molecule has 6 heteroatoms.